The van der Waals surface area contributed by atoms with Crippen molar-refractivity contribution in [1.82, 2.24) is 9.88 Å². The van der Waals surface area contributed by atoms with Gasteiger partial charge in [-0.2, -0.15) is 0 Å². The van der Waals surface area contributed by atoms with Gasteiger partial charge in [0.2, 0.25) is 0 Å². The number of ether oxygens (including phenoxy) is 1. The maximum atomic E-state index is 11.9. The van der Waals surface area contributed by atoms with Gasteiger partial charge in [-0.25, -0.2) is 0 Å². The number of piperidine rings is 1. The third-order valence-electron chi connectivity index (χ3n) is 5.17. The van der Waals surface area contributed by atoms with Gasteiger partial charge in [-0.15, -0.1) is 0 Å². The molecular formula is C17H20N2O2. The molecule has 0 bridgehead atoms. The van der Waals surface area contributed by atoms with Crippen LogP contribution in [0.5, 0.6) is 0 Å². The fourth-order valence-corrected chi connectivity index (χ4v) is 4.39. The van der Waals surface area contributed by atoms with Gasteiger partial charge < -0.3 is 9.72 Å². The summed E-state index contributed by atoms with van der Waals surface area (Å²) in [5.74, 6) is 0.418. The van der Waals surface area contributed by atoms with Gasteiger partial charge in [0.1, 0.15) is 0 Å². The van der Waals surface area contributed by atoms with Crippen LogP contribution in [0.1, 0.15) is 23.6 Å². The van der Waals surface area contributed by atoms with Crippen LogP contribution >= 0.6 is 0 Å². The Morgan fingerprint density at radius 3 is 3.10 bits per heavy atom. The minimum atomic E-state index is -0.0709. The lowest BCUT2D eigenvalue weighted by atomic mass is 9.73. The van der Waals surface area contributed by atoms with E-state index in [1.54, 1.807) is 0 Å². The molecule has 3 atom stereocenters. The Hall–Kier alpha value is -1.81. The monoisotopic (exact) mass is 284 g/mol. The number of rotatable bonds is 1. The highest BCUT2D eigenvalue weighted by atomic mass is 16.5. The first kappa shape index (κ1) is 12.9. The van der Waals surface area contributed by atoms with Crippen molar-refractivity contribution in [1.29, 1.82) is 0 Å². The van der Waals surface area contributed by atoms with Crippen molar-refractivity contribution in [2.45, 2.75) is 18.9 Å². The van der Waals surface area contributed by atoms with Gasteiger partial charge in [-0.3, -0.25) is 9.69 Å². The average molecular weight is 284 g/mol. The van der Waals surface area contributed by atoms with Crippen LogP contribution in [-0.4, -0.2) is 36.6 Å². The largest absolute Gasteiger partial charge is 0.469 e. The number of benzene rings is 1. The zero-order valence-corrected chi connectivity index (χ0v) is 12.4. The SMILES string of the molecule is COC(=O)[C@@H]1C[C@@H]2Cc3c[nH]c4cccc(c34)[C@@H]2N(C)C1. The molecule has 1 aromatic carbocycles. The minimum absolute atomic E-state index is 0.000875. The van der Waals surface area contributed by atoms with E-state index in [-0.39, 0.29) is 11.9 Å². The number of aromatic amines is 1. The van der Waals surface area contributed by atoms with E-state index in [9.17, 15) is 4.79 Å². The highest BCUT2D eigenvalue weighted by Crippen LogP contribution is 2.46. The van der Waals surface area contributed by atoms with E-state index in [4.69, 9.17) is 4.74 Å². The first-order chi connectivity index (χ1) is 10.2. The quantitative estimate of drug-likeness (QED) is 0.818. The lowest BCUT2D eigenvalue weighted by molar-refractivity contribution is -0.149. The number of nitrogens with zero attached hydrogens (tertiary/aromatic N) is 1. The van der Waals surface area contributed by atoms with Crippen molar-refractivity contribution in [2.24, 2.45) is 11.8 Å². The van der Waals surface area contributed by atoms with Crippen LogP contribution in [0.2, 0.25) is 0 Å². The summed E-state index contributed by atoms with van der Waals surface area (Å²) in [7, 11) is 3.61. The molecule has 1 aromatic heterocycles. The number of nitrogens with one attached hydrogen (secondary N) is 1. The summed E-state index contributed by atoms with van der Waals surface area (Å²) in [6, 6.07) is 6.92. The van der Waals surface area contributed by atoms with Crippen LogP contribution in [0.15, 0.2) is 24.4 Å². The molecule has 0 unspecified atom stereocenters. The van der Waals surface area contributed by atoms with Crippen LogP contribution in [-0.2, 0) is 16.0 Å². The van der Waals surface area contributed by atoms with Gasteiger partial charge in [0, 0.05) is 29.7 Å². The molecular weight excluding hydrogens is 264 g/mol. The first-order valence-corrected chi connectivity index (χ1v) is 7.56. The zero-order valence-electron chi connectivity index (χ0n) is 12.4. The summed E-state index contributed by atoms with van der Waals surface area (Å²) >= 11 is 0. The fourth-order valence-electron chi connectivity index (χ4n) is 4.39. The van der Waals surface area contributed by atoms with Crippen molar-refractivity contribution in [3.8, 4) is 0 Å². The van der Waals surface area contributed by atoms with E-state index in [1.165, 1.54) is 29.1 Å². The van der Waals surface area contributed by atoms with Crippen LogP contribution in [0.3, 0.4) is 0 Å². The van der Waals surface area contributed by atoms with Crippen LogP contribution in [0, 0.1) is 11.8 Å². The summed E-state index contributed by atoms with van der Waals surface area (Å²) in [6.07, 6.45) is 4.09. The Kier molecular flexibility index (Phi) is 2.82. The summed E-state index contributed by atoms with van der Waals surface area (Å²) < 4.78 is 4.96. The van der Waals surface area contributed by atoms with Crippen molar-refractivity contribution < 1.29 is 9.53 Å². The van der Waals surface area contributed by atoms with Crippen molar-refractivity contribution in [3.05, 3.63) is 35.5 Å². The van der Waals surface area contributed by atoms with Crippen LogP contribution in [0.4, 0.5) is 0 Å². The molecule has 0 saturated carbocycles. The number of H-pyrrole nitrogens is 1. The number of carbonyl (C=O) groups excluding carboxylic acids is 1. The molecule has 2 aliphatic rings. The van der Waals surface area contributed by atoms with Gasteiger partial charge >= 0.3 is 5.97 Å². The number of methoxy groups -OCH3 is 1. The van der Waals surface area contributed by atoms with Crippen molar-refractivity contribution in [2.75, 3.05) is 20.7 Å². The van der Waals surface area contributed by atoms with Crippen molar-refractivity contribution >= 4 is 16.9 Å². The van der Waals surface area contributed by atoms with Crippen molar-refractivity contribution in [3.63, 3.8) is 0 Å². The lowest BCUT2D eigenvalue weighted by Crippen LogP contribution is -2.45. The van der Waals surface area contributed by atoms with E-state index in [1.807, 2.05) is 0 Å². The molecule has 4 nitrogen and oxygen atoms in total. The molecule has 0 amide bonds. The summed E-state index contributed by atoms with van der Waals surface area (Å²) in [5.41, 5.74) is 4.02. The molecule has 1 aliphatic carbocycles. The smallest absolute Gasteiger partial charge is 0.309 e. The van der Waals surface area contributed by atoms with Gasteiger partial charge in [-0.05, 0) is 43.0 Å². The second-order valence-corrected chi connectivity index (χ2v) is 6.39. The molecule has 1 fully saturated rings. The predicted molar refractivity (Wildman–Crippen MR) is 81.0 cm³/mol. The second kappa shape index (κ2) is 4.60. The molecule has 0 spiro atoms. The molecule has 110 valence electrons. The third-order valence-corrected chi connectivity index (χ3v) is 5.17. The van der Waals surface area contributed by atoms with Gasteiger partial charge in [0.05, 0.1) is 13.0 Å². The Morgan fingerprint density at radius 2 is 2.29 bits per heavy atom. The molecule has 1 N–H and O–H groups in total. The number of esters is 1. The van der Waals surface area contributed by atoms with E-state index in [0.717, 1.165) is 19.4 Å². The van der Waals surface area contributed by atoms with Crippen LogP contribution in [0.25, 0.3) is 10.9 Å². The van der Waals surface area contributed by atoms with Crippen LogP contribution < -0.4 is 0 Å². The number of hydrogen-bond donors (Lipinski definition) is 1. The van der Waals surface area contributed by atoms with E-state index in [0.29, 0.717) is 12.0 Å². The molecule has 1 saturated heterocycles. The van der Waals surface area contributed by atoms with E-state index < -0.39 is 0 Å². The number of likely N-dealkylation sites (tertiary alicyclic amines) is 1. The molecule has 21 heavy (non-hydrogen) atoms. The van der Waals surface area contributed by atoms with E-state index >= 15 is 0 Å². The summed E-state index contributed by atoms with van der Waals surface area (Å²) in [6.45, 7) is 0.782. The summed E-state index contributed by atoms with van der Waals surface area (Å²) in [4.78, 5) is 17.6. The second-order valence-electron chi connectivity index (χ2n) is 6.39. The lowest BCUT2D eigenvalue weighted by Gasteiger charge is -2.44. The maximum Gasteiger partial charge on any atom is 0.309 e. The Bertz CT molecular complexity index is 706. The minimum Gasteiger partial charge on any atom is -0.469 e. The summed E-state index contributed by atoms with van der Waals surface area (Å²) in [5, 5.41) is 1.39. The topological polar surface area (TPSA) is 45.3 Å². The highest BCUT2D eigenvalue weighted by Gasteiger charge is 2.41. The normalized spacial score (nSPS) is 28.4. The molecule has 4 heteroatoms. The standard InChI is InChI=1S/C17H20N2O2/c1-19-9-12(17(20)21-2)7-10-6-11-8-18-14-5-3-4-13(15(11)14)16(10)19/h3-5,8,10,12,16,18H,6-7,9H2,1-2H3/t10-,12+,16+/m0/s1. The number of carbonyl (C=O) groups is 1. The van der Waals surface area contributed by atoms with Gasteiger partial charge in [-0.1, -0.05) is 12.1 Å². The zero-order chi connectivity index (χ0) is 14.6. The number of aromatic nitrogens is 1. The van der Waals surface area contributed by atoms with Gasteiger partial charge in [0.25, 0.3) is 0 Å². The Morgan fingerprint density at radius 1 is 1.43 bits per heavy atom. The highest BCUT2D eigenvalue weighted by molar-refractivity contribution is 5.88. The predicted octanol–water partition coefficient (Wildman–Crippen LogP) is 2.51. The number of fused-ring (bicyclic) bond motifs is 2. The maximum absolute atomic E-state index is 11.9. The number of hydrogen-bond acceptors (Lipinski definition) is 3. The third kappa shape index (κ3) is 1.82. The molecule has 2 aromatic rings. The fraction of sp³-hybridized carbons (Fsp3) is 0.471. The van der Waals surface area contributed by atoms with E-state index in [2.05, 4.69) is 41.3 Å². The Labute approximate surface area is 124 Å². The Balaban J connectivity index is 1.76. The molecule has 4 rings (SSSR count). The molecule has 2 heterocycles. The first-order valence-electron chi connectivity index (χ1n) is 7.56. The molecule has 0 radical (unpaired) electrons. The molecule has 1 aliphatic heterocycles. The van der Waals surface area contributed by atoms with Gasteiger partial charge in [0.15, 0.2) is 0 Å². The average Bonchev–Trinajstić information content (AvgIpc) is 2.90.